The lowest BCUT2D eigenvalue weighted by Gasteiger charge is -2.09. The van der Waals surface area contributed by atoms with Crippen molar-refractivity contribution in [1.82, 2.24) is 10.3 Å². The van der Waals surface area contributed by atoms with Crippen molar-refractivity contribution in [3.63, 3.8) is 0 Å². The predicted molar refractivity (Wildman–Crippen MR) is 70.5 cm³/mol. The molecule has 1 amide bonds. The molecule has 8 heteroatoms. The lowest BCUT2D eigenvalue weighted by molar-refractivity contribution is -0.385. The third-order valence-electron chi connectivity index (χ3n) is 2.23. The molecule has 0 aliphatic carbocycles. The Kier molecular flexibility index (Phi) is 5.02. The van der Waals surface area contributed by atoms with Crippen molar-refractivity contribution in [2.24, 2.45) is 0 Å². The van der Waals surface area contributed by atoms with E-state index in [0.717, 1.165) is 0 Å². The van der Waals surface area contributed by atoms with Crippen LogP contribution in [0.15, 0.2) is 10.7 Å². The standard InChI is InChI=1S/C10H13BrN4O3/c1-6-8(15(17)18)5-14-10(9(6)11)13-4-3-12-7(2)16/h5H,3-4H2,1-2H3,(H,12,16)(H,13,14). The second kappa shape index (κ2) is 6.29. The van der Waals surface area contributed by atoms with Crippen LogP contribution in [0.3, 0.4) is 0 Å². The highest BCUT2D eigenvalue weighted by molar-refractivity contribution is 9.10. The Morgan fingerprint density at radius 1 is 1.56 bits per heavy atom. The highest BCUT2D eigenvalue weighted by atomic mass is 79.9. The van der Waals surface area contributed by atoms with Gasteiger partial charge in [-0.2, -0.15) is 0 Å². The van der Waals surface area contributed by atoms with E-state index in [1.807, 2.05) is 0 Å². The van der Waals surface area contributed by atoms with Crippen LogP contribution in [0.4, 0.5) is 11.5 Å². The first-order valence-electron chi connectivity index (χ1n) is 5.21. The van der Waals surface area contributed by atoms with Gasteiger partial charge in [0.25, 0.3) is 5.69 Å². The summed E-state index contributed by atoms with van der Waals surface area (Å²) in [5.41, 5.74) is 0.478. The zero-order chi connectivity index (χ0) is 13.7. The molecular weight excluding hydrogens is 304 g/mol. The number of carbonyl (C=O) groups excluding carboxylic acids is 1. The highest BCUT2D eigenvalue weighted by Gasteiger charge is 2.16. The van der Waals surface area contributed by atoms with Gasteiger partial charge in [-0.25, -0.2) is 4.98 Å². The quantitative estimate of drug-likeness (QED) is 0.488. The van der Waals surface area contributed by atoms with Gasteiger partial charge in [-0.05, 0) is 22.9 Å². The first-order valence-corrected chi connectivity index (χ1v) is 6.00. The molecule has 0 unspecified atom stereocenters. The predicted octanol–water partition coefficient (Wildman–Crippen LogP) is 1.61. The minimum absolute atomic E-state index is 0.0331. The molecule has 1 aromatic rings. The Bertz CT molecular complexity index is 478. The molecular formula is C10H13BrN4O3. The van der Waals surface area contributed by atoms with E-state index in [1.165, 1.54) is 13.1 Å². The van der Waals surface area contributed by atoms with E-state index in [-0.39, 0.29) is 11.6 Å². The second-order valence-corrected chi connectivity index (χ2v) is 4.39. The molecule has 1 heterocycles. The van der Waals surface area contributed by atoms with Crippen LogP contribution in [-0.2, 0) is 4.79 Å². The number of hydrogen-bond donors (Lipinski definition) is 2. The van der Waals surface area contributed by atoms with Crippen molar-refractivity contribution >= 4 is 33.3 Å². The maximum atomic E-state index is 10.7. The van der Waals surface area contributed by atoms with Gasteiger partial charge in [0, 0.05) is 25.6 Å². The van der Waals surface area contributed by atoms with E-state index in [4.69, 9.17) is 0 Å². The van der Waals surface area contributed by atoms with Crippen LogP contribution in [0.25, 0.3) is 0 Å². The summed E-state index contributed by atoms with van der Waals surface area (Å²) in [6.45, 7) is 4.02. The Labute approximate surface area is 112 Å². The smallest absolute Gasteiger partial charge is 0.291 e. The first-order chi connectivity index (χ1) is 8.43. The fraction of sp³-hybridized carbons (Fsp3) is 0.400. The molecule has 18 heavy (non-hydrogen) atoms. The zero-order valence-corrected chi connectivity index (χ0v) is 11.6. The number of nitro groups is 1. The molecule has 0 saturated carbocycles. The molecule has 0 fully saturated rings. The monoisotopic (exact) mass is 316 g/mol. The van der Waals surface area contributed by atoms with Crippen LogP contribution in [0.1, 0.15) is 12.5 Å². The Morgan fingerprint density at radius 2 is 2.22 bits per heavy atom. The number of nitrogens with one attached hydrogen (secondary N) is 2. The van der Waals surface area contributed by atoms with E-state index in [2.05, 4.69) is 31.5 Å². The van der Waals surface area contributed by atoms with Crippen molar-refractivity contribution in [2.75, 3.05) is 18.4 Å². The SMILES string of the molecule is CC(=O)NCCNc1ncc([N+](=O)[O-])c(C)c1Br. The summed E-state index contributed by atoms with van der Waals surface area (Å²) in [6, 6.07) is 0. The van der Waals surface area contributed by atoms with Crippen LogP contribution in [-0.4, -0.2) is 28.9 Å². The van der Waals surface area contributed by atoms with Crippen LogP contribution < -0.4 is 10.6 Å². The van der Waals surface area contributed by atoms with E-state index in [1.54, 1.807) is 6.92 Å². The molecule has 0 atom stereocenters. The van der Waals surface area contributed by atoms with Crippen LogP contribution in [0, 0.1) is 17.0 Å². The number of halogens is 1. The van der Waals surface area contributed by atoms with Crippen LogP contribution >= 0.6 is 15.9 Å². The molecule has 0 aliphatic rings. The fourth-order valence-electron chi connectivity index (χ4n) is 1.30. The van der Waals surface area contributed by atoms with Gasteiger partial charge in [0.1, 0.15) is 12.0 Å². The van der Waals surface area contributed by atoms with Crippen molar-refractivity contribution < 1.29 is 9.72 Å². The largest absolute Gasteiger partial charge is 0.367 e. The molecule has 0 bridgehead atoms. The highest BCUT2D eigenvalue weighted by Crippen LogP contribution is 2.30. The summed E-state index contributed by atoms with van der Waals surface area (Å²) in [6.07, 6.45) is 1.21. The molecule has 0 aromatic carbocycles. The zero-order valence-electron chi connectivity index (χ0n) is 9.99. The third kappa shape index (κ3) is 3.66. The number of hydrogen-bond acceptors (Lipinski definition) is 5. The van der Waals surface area contributed by atoms with Crippen molar-refractivity contribution in [2.45, 2.75) is 13.8 Å². The minimum atomic E-state index is -0.478. The topological polar surface area (TPSA) is 97.2 Å². The second-order valence-electron chi connectivity index (χ2n) is 3.60. The van der Waals surface area contributed by atoms with Gasteiger partial charge in [-0.3, -0.25) is 14.9 Å². The van der Waals surface area contributed by atoms with E-state index in [0.29, 0.717) is 28.9 Å². The third-order valence-corrected chi connectivity index (χ3v) is 3.20. The van der Waals surface area contributed by atoms with Gasteiger partial charge < -0.3 is 10.6 Å². The maximum Gasteiger partial charge on any atom is 0.291 e. The van der Waals surface area contributed by atoms with Gasteiger partial charge in [0.05, 0.1) is 9.40 Å². The van der Waals surface area contributed by atoms with Crippen LogP contribution in [0.5, 0.6) is 0 Å². The fourth-order valence-corrected chi connectivity index (χ4v) is 1.74. The van der Waals surface area contributed by atoms with E-state index < -0.39 is 4.92 Å². The van der Waals surface area contributed by atoms with Crippen molar-refractivity contribution in [1.29, 1.82) is 0 Å². The van der Waals surface area contributed by atoms with Gasteiger partial charge in [-0.1, -0.05) is 0 Å². The molecule has 0 aliphatic heterocycles. The molecule has 7 nitrogen and oxygen atoms in total. The molecule has 0 spiro atoms. The number of carbonyl (C=O) groups is 1. The summed E-state index contributed by atoms with van der Waals surface area (Å²) < 4.78 is 0.555. The molecule has 1 aromatic heterocycles. The van der Waals surface area contributed by atoms with Gasteiger partial charge in [0.2, 0.25) is 5.91 Å². The Balaban J connectivity index is 2.71. The van der Waals surface area contributed by atoms with Gasteiger partial charge >= 0.3 is 0 Å². The summed E-state index contributed by atoms with van der Waals surface area (Å²) >= 11 is 3.26. The number of pyridine rings is 1. The number of nitrogens with zero attached hydrogens (tertiary/aromatic N) is 2. The molecule has 1 rings (SSSR count). The van der Waals surface area contributed by atoms with Gasteiger partial charge in [0.15, 0.2) is 0 Å². The summed E-state index contributed by atoms with van der Waals surface area (Å²) in [5, 5.41) is 16.3. The lowest BCUT2D eigenvalue weighted by Crippen LogP contribution is -2.26. The summed E-state index contributed by atoms with van der Waals surface area (Å²) in [7, 11) is 0. The normalized spacial score (nSPS) is 9.94. The average Bonchev–Trinajstić information content (AvgIpc) is 2.29. The molecule has 98 valence electrons. The number of anilines is 1. The van der Waals surface area contributed by atoms with Gasteiger partial charge in [-0.15, -0.1) is 0 Å². The van der Waals surface area contributed by atoms with Crippen molar-refractivity contribution in [3.8, 4) is 0 Å². The Hall–Kier alpha value is -1.70. The number of aromatic nitrogens is 1. The van der Waals surface area contributed by atoms with Crippen molar-refractivity contribution in [3.05, 3.63) is 26.3 Å². The molecule has 0 radical (unpaired) electrons. The minimum Gasteiger partial charge on any atom is -0.367 e. The molecule has 2 N–H and O–H groups in total. The summed E-state index contributed by atoms with van der Waals surface area (Å²) in [5.74, 6) is 0.409. The molecule has 0 saturated heterocycles. The van der Waals surface area contributed by atoms with E-state index in [9.17, 15) is 14.9 Å². The van der Waals surface area contributed by atoms with Crippen LogP contribution in [0.2, 0.25) is 0 Å². The Morgan fingerprint density at radius 3 is 2.78 bits per heavy atom. The van der Waals surface area contributed by atoms with E-state index >= 15 is 0 Å². The summed E-state index contributed by atoms with van der Waals surface area (Å²) in [4.78, 5) is 24.8. The number of rotatable bonds is 5. The first kappa shape index (κ1) is 14.4. The maximum absolute atomic E-state index is 10.7. The number of amides is 1. The average molecular weight is 317 g/mol. The lowest BCUT2D eigenvalue weighted by atomic mass is 10.2.